The van der Waals surface area contributed by atoms with Gasteiger partial charge in [-0.15, -0.1) is 0 Å². The molecular formula is C12H12BrN3O2. The zero-order valence-electron chi connectivity index (χ0n) is 9.81. The fourth-order valence-electron chi connectivity index (χ4n) is 1.84. The van der Waals surface area contributed by atoms with Gasteiger partial charge in [-0.25, -0.2) is 4.79 Å². The predicted molar refractivity (Wildman–Crippen MR) is 69.9 cm³/mol. The van der Waals surface area contributed by atoms with Gasteiger partial charge in [-0.1, -0.05) is 28.6 Å². The van der Waals surface area contributed by atoms with Crippen molar-refractivity contribution >= 4 is 27.9 Å². The van der Waals surface area contributed by atoms with Crippen LogP contribution in [0.1, 0.15) is 12.6 Å². The highest BCUT2D eigenvalue weighted by Crippen LogP contribution is 2.27. The van der Waals surface area contributed by atoms with E-state index >= 15 is 0 Å². The third kappa shape index (κ3) is 2.03. The van der Waals surface area contributed by atoms with Crippen LogP contribution in [0.2, 0.25) is 0 Å². The quantitative estimate of drug-likeness (QED) is 0.865. The zero-order valence-corrected chi connectivity index (χ0v) is 11.4. The summed E-state index contributed by atoms with van der Waals surface area (Å²) in [5.41, 5.74) is -0.591. The number of rotatable bonds is 3. The van der Waals surface area contributed by atoms with Crippen LogP contribution in [0, 0.1) is 0 Å². The normalized spacial score (nSPS) is 23.1. The van der Waals surface area contributed by atoms with Crippen LogP contribution >= 0.6 is 15.9 Å². The largest absolute Gasteiger partial charge is 0.325 e. The summed E-state index contributed by atoms with van der Waals surface area (Å²) in [5, 5.41) is 2.66. The van der Waals surface area contributed by atoms with Crippen LogP contribution in [0.25, 0.3) is 0 Å². The number of halogens is 1. The Hall–Kier alpha value is -1.69. The molecule has 0 saturated carbocycles. The number of urea groups is 1. The SMILES string of the molecule is C=C(Br)CN1C(=O)NC(C)(c2ccccn2)C1=O. The summed E-state index contributed by atoms with van der Waals surface area (Å²) in [6.07, 6.45) is 1.59. The molecule has 94 valence electrons. The van der Waals surface area contributed by atoms with Crippen molar-refractivity contribution in [2.75, 3.05) is 6.54 Å². The zero-order chi connectivity index (χ0) is 13.3. The number of pyridine rings is 1. The van der Waals surface area contributed by atoms with Crippen LogP contribution in [-0.2, 0) is 10.3 Å². The first kappa shape index (κ1) is 12.8. The Balaban J connectivity index is 2.35. The fourth-order valence-corrected chi connectivity index (χ4v) is 2.10. The van der Waals surface area contributed by atoms with Crippen molar-refractivity contribution in [3.05, 3.63) is 41.2 Å². The Bertz CT molecular complexity index is 517. The number of nitrogens with one attached hydrogen (secondary N) is 1. The van der Waals surface area contributed by atoms with Crippen LogP contribution in [-0.4, -0.2) is 28.4 Å². The second-order valence-electron chi connectivity index (χ2n) is 4.18. The maximum atomic E-state index is 12.3. The van der Waals surface area contributed by atoms with E-state index in [1.807, 2.05) is 0 Å². The van der Waals surface area contributed by atoms with Crippen LogP contribution in [0.3, 0.4) is 0 Å². The minimum atomic E-state index is -1.11. The smallest absolute Gasteiger partial charge is 0.318 e. The Morgan fingerprint density at radius 1 is 1.56 bits per heavy atom. The molecule has 0 aromatic carbocycles. The Labute approximate surface area is 113 Å². The number of aromatic nitrogens is 1. The van der Waals surface area contributed by atoms with Gasteiger partial charge in [0.25, 0.3) is 5.91 Å². The third-order valence-electron chi connectivity index (χ3n) is 2.78. The molecule has 1 aromatic heterocycles. The molecule has 1 saturated heterocycles. The van der Waals surface area contributed by atoms with Gasteiger partial charge in [-0.05, 0) is 19.1 Å². The lowest BCUT2D eigenvalue weighted by atomic mass is 9.97. The molecule has 1 atom stereocenters. The van der Waals surface area contributed by atoms with Crippen LogP contribution < -0.4 is 5.32 Å². The summed E-state index contributed by atoms with van der Waals surface area (Å²) in [7, 11) is 0. The van der Waals surface area contributed by atoms with Crippen molar-refractivity contribution in [3.8, 4) is 0 Å². The molecule has 0 bridgehead atoms. The van der Waals surface area contributed by atoms with Crippen molar-refractivity contribution in [2.45, 2.75) is 12.5 Å². The molecule has 2 rings (SSSR count). The molecule has 2 heterocycles. The second kappa shape index (κ2) is 4.53. The maximum absolute atomic E-state index is 12.3. The molecule has 18 heavy (non-hydrogen) atoms. The van der Waals surface area contributed by atoms with Crippen molar-refractivity contribution in [3.63, 3.8) is 0 Å². The average Bonchev–Trinajstić information content (AvgIpc) is 2.55. The lowest BCUT2D eigenvalue weighted by Crippen LogP contribution is -2.41. The van der Waals surface area contributed by atoms with Crippen LogP contribution in [0.4, 0.5) is 4.79 Å². The summed E-state index contributed by atoms with van der Waals surface area (Å²) < 4.78 is 0.566. The predicted octanol–water partition coefficient (Wildman–Crippen LogP) is 1.76. The van der Waals surface area contributed by atoms with E-state index in [1.54, 1.807) is 31.3 Å². The summed E-state index contributed by atoms with van der Waals surface area (Å²) in [5.74, 6) is -0.327. The molecule has 1 aliphatic rings. The monoisotopic (exact) mass is 309 g/mol. The van der Waals surface area contributed by atoms with E-state index < -0.39 is 11.6 Å². The summed E-state index contributed by atoms with van der Waals surface area (Å²) >= 11 is 3.15. The molecule has 0 spiro atoms. The van der Waals surface area contributed by atoms with Crippen molar-refractivity contribution in [2.24, 2.45) is 0 Å². The van der Waals surface area contributed by atoms with E-state index in [0.29, 0.717) is 10.2 Å². The molecule has 5 nitrogen and oxygen atoms in total. The Morgan fingerprint density at radius 3 is 2.83 bits per heavy atom. The summed E-state index contributed by atoms with van der Waals surface area (Å²) in [6.45, 7) is 5.43. The number of hydrogen-bond acceptors (Lipinski definition) is 3. The molecule has 1 aliphatic heterocycles. The minimum absolute atomic E-state index is 0.146. The molecule has 6 heteroatoms. The van der Waals surface area contributed by atoms with Gasteiger partial charge in [0.2, 0.25) is 0 Å². The highest BCUT2D eigenvalue weighted by atomic mass is 79.9. The van der Waals surface area contributed by atoms with Crippen molar-refractivity contribution in [1.29, 1.82) is 0 Å². The topological polar surface area (TPSA) is 62.3 Å². The fraction of sp³-hybridized carbons (Fsp3) is 0.250. The second-order valence-corrected chi connectivity index (χ2v) is 5.30. The highest BCUT2D eigenvalue weighted by molar-refractivity contribution is 9.11. The van der Waals surface area contributed by atoms with Crippen LogP contribution in [0.5, 0.6) is 0 Å². The number of carbonyl (C=O) groups is 2. The van der Waals surface area contributed by atoms with E-state index in [2.05, 4.69) is 32.8 Å². The lowest BCUT2D eigenvalue weighted by Gasteiger charge is -2.20. The summed E-state index contributed by atoms with van der Waals surface area (Å²) in [6, 6.07) is 4.81. The first-order valence-corrected chi connectivity index (χ1v) is 6.13. The first-order chi connectivity index (χ1) is 8.45. The van der Waals surface area contributed by atoms with Crippen molar-refractivity contribution in [1.82, 2.24) is 15.2 Å². The van der Waals surface area contributed by atoms with Gasteiger partial charge in [0.05, 0.1) is 12.2 Å². The van der Waals surface area contributed by atoms with Crippen LogP contribution in [0.15, 0.2) is 35.5 Å². The van der Waals surface area contributed by atoms with E-state index in [0.717, 1.165) is 4.90 Å². The van der Waals surface area contributed by atoms with E-state index in [4.69, 9.17) is 0 Å². The standard InChI is InChI=1S/C12H12BrN3O2/c1-8(13)7-16-10(17)12(2,15-11(16)18)9-5-3-4-6-14-9/h3-6H,1,7H2,2H3,(H,15,18). The Kier molecular flexibility index (Phi) is 3.21. The molecule has 3 amide bonds. The first-order valence-electron chi connectivity index (χ1n) is 5.34. The molecule has 0 aliphatic carbocycles. The van der Waals surface area contributed by atoms with Gasteiger partial charge in [0.1, 0.15) is 0 Å². The molecule has 0 radical (unpaired) electrons. The number of imide groups is 1. The molecule has 1 aromatic rings. The molecular weight excluding hydrogens is 298 g/mol. The van der Waals surface area contributed by atoms with Gasteiger partial charge < -0.3 is 5.32 Å². The number of hydrogen-bond donors (Lipinski definition) is 1. The molecule has 1 unspecified atom stereocenters. The van der Waals surface area contributed by atoms with Gasteiger partial charge in [-0.2, -0.15) is 0 Å². The Morgan fingerprint density at radius 2 is 2.28 bits per heavy atom. The van der Waals surface area contributed by atoms with Gasteiger partial charge in [0.15, 0.2) is 5.54 Å². The van der Waals surface area contributed by atoms with Gasteiger partial charge in [-0.3, -0.25) is 14.7 Å². The lowest BCUT2D eigenvalue weighted by molar-refractivity contribution is -0.130. The third-order valence-corrected chi connectivity index (χ3v) is 3.03. The van der Waals surface area contributed by atoms with Gasteiger partial charge >= 0.3 is 6.03 Å². The van der Waals surface area contributed by atoms with Crippen molar-refractivity contribution < 1.29 is 9.59 Å². The number of amides is 3. The van der Waals surface area contributed by atoms with E-state index in [-0.39, 0.29) is 12.5 Å². The van der Waals surface area contributed by atoms with E-state index in [9.17, 15) is 9.59 Å². The number of nitrogens with zero attached hydrogens (tertiary/aromatic N) is 2. The van der Waals surface area contributed by atoms with E-state index in [1.165, 1.54) is 0 Å². The molecule has 1 fully saturated rings. The maximum Gasteiger partial charge on any atom is 0.325 e. The molecule has 1 N–H and O–H groups in total. The van der Waals surface area contributed by atoms with Gasteiger partial charge in [0, 0.05) is 10.7 Å². The number of carbonyl (C=O) groups excluding carboxylic acids is 2. The highest BCUT2D eigenvalue weighted by Gasteiger charge is 2.49. The summed E-state index contributed by atoms with van der Waals surface area (Å²) in [4.78, 5) is 29.4. The minimum Gasteiger partial charge on any atom is -0.318 e. The average molecular weight is 310 g/mol.